The van der Waals surface area contributed by atoms with Gasteiger partial charge in [-0.25, -0.2) is 14.8 Å². The Labute approximate surface area is 281 Å². The molecule has 11 heteroatoms. The highest BCUT2D eigenvalue weighted by Gasteiger charge is 2.30. The average molecular weight is 647 g/mol. The van der Waals surface area contributed by atoms with Gasteiger partial charge in [-0.15, -0.1) is 0 Å². The van der Waals surface area contributed by atoms with Crippen LogP contribution >= 0.6 is 0 Å². The second kappa shape index (κ2) is 13.6. The molecule has 3 aromatic carbocycles. The molecule has 2 saturated heterocycles. The van der Waals surface area contributed by atoms with E-state index in [9.17, 15) is 9.59 Å². The lowest BCUT2D eigenvalue weighted by Crippen LogP contribution is -2.52. The van der Waals surface area contributed by atoms with Crippen molar-refractivity contribution in [3.05, 3.63) is 89.6 Å². The maximum Gasteiger partial charge on any atom is 0.326 e. The Balaban J connectivity index is 1.08. The first-order chi connectivity index (χ1) is 23.4. The summed E-state index contributed by atoms with van der Waals surface area (Å²) in [5, 5.41) is 6.29. The van der Waals surface area contributed by atoms with Crippen molar-refractivity contribution in [1.82, 2.24) is 24.7 Å². The van der Waals surface area contributed by atoms with Gasteiger partial charge in [-0.1, -0.05) is 42.5 Å². The number of benzene rings is 3. The highest BCUT2D eigenvalue weighted by atomic mass is 16.5. The Kier molecular flexibility index (Phi) is 8.96. The molecule has 1 aromatic heterocycles. The van der Waals surface area contributed by atoms with E-state index in [1.54, 1.807) is 24.3 Å². The molecule has 0 saturated carbocycles. The Hall–Kier alpha value is -5.00. The van der Waals surface area contributed by atoms with Gasteiger partial charge in [0.15, 0.2) is 0 Å². The first-order valence-electron chi connectivity index (χ1n) is 16.6. The Morgan fingerprint density at radius 1 is 0.979 bits per heavy atom. The van der Waals surface area contributed by atoms with Gasteiger partial charge >= 0.3 is 6.03 Å². The Bertz CT molecular complexity index is 1810. The number of para-hydroxylation sites is 1. The van der Waals surface area contributed by atoms with Crippen molar-refractivity contribution in [1.29, 1.82) is 0 Å². The zero-order chi connectivity index (χ0) is 33.2. The molecule has 0 spiro atoms. The summed E-state index contributed by atoms with van der Waals surface area (Å²) in [6, 6.07) is 21.5. The summed E-state index contributed by atoms with van der Waals surface area (Å²) in [6.45, 7) is 8.37. The first kappa shape index (κ1) is 31.6. The molecular weight excluding hydrogens is 604 g/mol. The van der Waals surface area contributed by atoms with E-state index in [1.807, 2.05) is 72.5 Å². The number of amides is 3. The number of carbonyl (C=O) groups is 2. The van der Waals surface area contributed by atoms with Crippen LogP contribution in [0.1, 0.15) is 34.3 Å². The van der Waals surface area contributed by atoms with E-state index >= 15 is 0 Å². The van der Waals surface area contributed by atoms with E-state index in [4.69, 9.17) is 9.72 Å². The quantitative estimate of drug-likeness (QED) is 0.267. The molecule has 0 radical (unpaired) electrons. The molecule has 7 rings (SSSR count). The molecule has 248 valence electrons. The number of hydrogen-bond donors (Lipinski definition) is 2. The molecule has 3 aliphatic rings. The van der Waals surface area contributed by atoms with Crippen LogP contribution in [0.15, 0.2) is 72.9 Å². The molecular formula is C37H42N8O3. The van der Waals surface area contributed by atoms with Crippen LogP contribution in [0.25, 0.3) is 11.3 Å². The number of rotatable bonds is 7. The summed E-state index contributed by atoms with van der Waals surface area (Å²) in [6.07, 6.45) is 3.61. The number of likely N-dealkylation sites (N-methyl/N-ethyl adjacent to an activating group) is 1. The zero-order valence-corrected chi connectivity index (χ0v) is 27.8. The van der Waals surface area contributed by atoms with Gasteiger partial charge in [0.05, 0.1) is 36.9 Å². The summed E-state index contributed by atoms with van der Waals surface area (Å²) < 4.78 is 5.72. The highest BCUT2D eigenvalue weighted by molar-refractivity contribution is 6.09. The molecule has 0 bridgehead atoms. The second-order valence-electron chi connectivity index (χ2n) is 12.8. The Morgan fingerprint density at radius 2 is 1.73 bits per heavy atom. The van der Waals surface area contributed by atoms with Crippen LogP contribution in [0.4, 0.5) is 27.8 Å². The van der Waals surface area contributed by atoms with Gasteiger partial charge in [-0.3, -0.25) is 14.6 Å². The zero-order valence-electron chi connectivity index (χ0n) is 27.8. The van der Waals surface area contributed by atoms with Crippen LogP contribution in [-0.2, 0) is 6.54 Å². The molecule has 48 heavy (non-hydrogen) atoms. The van der Waals surface area contributed by atoms with E-state index in [0.717, 1.165) is 74.5 Å². The molecule has 4 aromatic rings. The minimum Gasteiger partial charge on any atom is -0.495 e. The standard InChI is InChI=1S/C37H42N8O3/c1-25-8-4-5-9-27(25)24-45-32-11-7-6-10-29(32)34-31(40-37(45)47)23-38-36(41-34)39-30-13-12-26(22-33(30)48-3)35(46)44-16-14-28(15-17-44)43-20-18-42(2)19-21-43/h4-13,22-23,28H,14-21,24H2,1-3H3,(H,40,47)(H,38,39,41). The van der Waals surface area contributed by atoms with E-state index in [2.05, 4.69) is 32.5 Å². The van der Waals surface area contributed by atoms with Crippen molar-refractivity contribution < 1.29 is 14.3 Å². The fraction of sp³-hybridized carbons (Fsp3) is 0.351. The molecule has 4 heterocycles. The number of piperidine rings is 1. The minimum absolute atomic E-state index is 0.0144. The summed E-state index contributed by atoms with van der Waals surface area (Å²) in [5.74, 6) is 0.874. The topological polar surface area (TPSA) is 106 Å². The van der Waals surface area contributed by atoms with Gasteiger partial charge in [-0.2, -0.15) is 0 Å². The van der Waals surface area contributed by atoms with Gasteiger partial charge in [0, 0.05) is 56.4 Å². The third-order valence-corrected chi connectivity index (χ3v) is 9.82. The van der Waals surface area contributed by atoms with Crippen molar-refractivity contribution in [2.75, 3.05) is 69.0 Å². The lowest BCUT2D eigenvalue weighted by atomic mass is 10.0. The van der Waals surface area contributed by atoms with Crippen LogP contribution in [-0.4, -0.2) is 96.1 Å². The third-order valence-electron chi connectivity index (χ3n) is 9.82. The number of nitrogens with zero attached hydrogens (tertiary/aromatic N) is 6. The van der Waals surface area contributed by atoms with Crippen LogP contribution in [0, 0.1) is 6.92 Å². The molecule has 0 atom stereocenters. The number of ether oxygens (including phenoxy) is 1. The lowest BCUT2D eigenvalue weighted by Gasteiger charge is -2.42. The highest BCUT2D eigenvalue weighted by Crippen LogP contribution is 2.39. The molecule has 3 amide bonds. The van der Waals surface area contributed by atoms with Crippen LogP contribution in [0.2, 0.25) is 0 Å². The van der Waals surface area contributed by atoms with Crippen molar-refractivity contribution in [2.45, 2.75) is 32.4 Å². The number of piperazine rings is 1. The average Bonchev–Trinajstić information content (AvgIpc) is 3.23. The van der Waals surface area contributed by atoms with E-state index in [0.29, 0.717) is 46.9 Å². The van der Waals surface area contributed by atoms with E-state index < -0.39 is 0 Å². The largest absolute Gasteiger partial charge is 0.495 e. The SMILES string of the molecule is COc1cc(C(=O)N2CCC(N3CCN(C)CC3)CC2)ccc1Nc1ncc2c(n1)-c1ccccc1N(Cc1ccccc1C)C(=O)N2. The summed E-state index contributed by atoms with van der Waals surface area (Å²) in [5.41, 5.74) is 6.10. The molecule has 0 aliphatic carbocycles. The van der Waals surface area contributed by atoms with Gasteiger partial charge < -0.3 is 25.2 Å². The maximum absolute atomic E-state index is 13.5. The lowest BCUT2D eigenvalue weighted by molar-refractivity contribution is 0.0518. The van der Waals surface area contributed by atoms with Gasteiger partial charge in [-0.05, 0) is 62.2 Å². The summed E-state index contributed by atoms with van der Waals surface area (Å²) >= 11 is 0. The number of aryl methyl sites for hydroxylation is 1. The number of nitrogens with one attached hydrogen (secondary N) is 2. The number of fused-ring (bicyclic) bond motifs is 3. The molecule has 2 fully saturated rings. The van der Waals surface area contributed by atoms with Crippen molar-refractivity contribution in [3.63, 3.8) is 0 Å². The van der Waals surface area contributed by atoms with Gasteiger partial charge in [0.2, 0.25) is 5.95 Å². The second-order valence-corrected chi connectivity index (χ2v) is 12.8. The molecule has 2 N–H and O–H groups in total. The van der Waals surface area contributed by atoms with Crippen molar-refractivity contribution in [3.8, 4) is 17.0 Å². The number of likely N-dealkylation sites (tertiary alicyclic amines) is 1. The number of aromatic nitrogens is 2. The van der Waals surface area contributed by atoms with Gasteiger partial charge in [0.1, 0.15) is 11.4 Å². The number of hydrogen-bond acceptors (Lipinski definition) is 8. The third kappa shape index (κ3) is 6.43. The van der Waals surface area contributed by atoms with Crippen LogP contribution in [0.3, 0.4) is 0 Å². The number of carbonyl (C=O) groups excluding carboxylic acids is 2. The first-order valence-corrected chi connectivity index (χ1v) is 16.6. The van der Waals surface area contributed by atoms with E-state index in [1.165, 1.54) is 0 Å². The predicted octanol–water partition coefficient (Wildman–Crippen LogP) is 5.61. The van der Waals surface area contributed by atoms with Crippen molar-refractivity contribution >= 4 is 34.9 Å². The monoisotopic (exact) mass is 646 g/mol. The fourth-order valence-electron chi connectivity index (χ4n) is 6.91. The fourth-order valence-corrected chi connectivity index (χ4v) is 6.91. The minimum atomic E-state index is -0.251. The molecule has 11 nitrogen and oxygen atoms in total. The van der Waals surface area contributed by atoms with Crippen LogP contribution in [0.5, 0.6) is 5.75 Å². The normalized spacial score (nSPS) is 17.3. The smallest absolute Gasteiger partial charge is 0.326 e. The van der Waals surface area contributed by atoms with Gasteiger partial charge in [0.25, 0.3) is 5.91 Å². The number of anilines is 4. The van der Waals surface area contributed by atoms with Crippen LogP contribution < -0.4 is 20.3 Å². The number of urea groups is 1. The predicted molar refractivity (Wildman–Crippen MR) is 188 cm³/mol. The van der Waals surface area contributed by atoms with Crippen molar-refractivity contribution in [2.24, 2.45) is 0 Å². The Morgan fingerprint density at radius 3 is 2.50 bits per heavy atom. The molecule has 3 aliphatic heterocycles. The summed E-state index contributed by atoms with van der Waals surface area (Å²) in [4.78, 5) is 45.1. The maximum atomic E-state index is 13.5. The summed E-state index contributed by atoms with van der Waals surface area (Å²) in [7, 11) is 3.76. The molecule has 0 unspecified atom stereocenters. The van der Waals surface area contributed by atoms with E-state index in [-0.39, 0.29) is 11.9 Å². The number of methoxy groups -OCH3 is 1.